The number of aromatic nitrogens is 1. The van der Waals surface area contributed by atoms with Gasteiger partial charge in [-0.05, 0) is 30.3 Å². The van der Waals surface area contributed by atoms with Crippen LogP contribution in [0.2, 0.25) is 0 Å². The number of fused-ring (bicyclic) bond motifs is 1. The Kier molecular flexibility index (Phi) is 5.55. The van der Waals surface area contributed by atoms with E-state index in [0.717, 1.165) is 23.5 Å². The lowest BCUT2D eigenvalue weighted by Crippen LogP contribution is -2.10. The van der Waals surface area contributed by atoms with Crippen molar-refractivity contribution in [2.45, 2.75) is 6.42 Å². The Labute approximate surface area is 154 Å². The molecule has 0 atom stereocenters. The largest absolute Gasteiger partial charge is 0.494 e. The summed E-state index contributed by atoms with van der Waals surface area (Å²) in [7, 11) is 1.66. The van der Waals surface area contributed by atoms with Crippen molar-refractivity contribution in [3.8, 4) is 17.2 Å². The van der Waals surface area contributed by atoms with Gasteiger partial charge in [0.15, 0.2) is 0 Å². The Morgan fingerprint density at radius 1 is 1.15 bits per heavy atom. The molecule has 1 aromatic carbocycles. The van der Waals surface area contributed by atoms with E-state index in [9.17, 15) is 4.79 Å². The quantitative estimate of drug-likeness (QED) is 0.587. The molecule has 0 fully saturated rings. The van der Waals surface area contributed by atoms with Crippen molar-refractivity contribution in [2.24, 2.45) is 5.73 Å². The average Bonchev–Trinajstić information content (AvgIpc) is 2.98. The summed E-state index contributed by atoms with van der Waals surface area (Å²) in [6, 6.07) is 8.95. The summed E-state index contributed by atoms with van der Waals surface area (Å²) < 4.78 is 16.5. The number of rotatable bonds is 8. The Balaban J connectivity index is 1.77. The lowest BCUT2D eigenvalue weighted by atomic mass is 10.2. The monoisotopic (exact) mass is 373 g/mol. The number of thiophene rings is 1. The molecule has 26 heavy (non-hydrogen) atoms. The number of pyridine rings is 1. The molecule has 0 aliphatic heterocycles. The van der Waals surface area contributed by atoms with Crippen LogP contribution >= 0.6 is 11.3 Å². The van der Waals surface area contributed by atoms with Crippen LogP contribution in [-0.2, 0) is 4.74 Å². The van der Waals surface area contributed by atoms with Gasteiger partial charge >= 0.3 is 0 Å². The SMILES string of the molecule is COCCCOc1ccc(Oc2ccnc3sc(C(N)=O)c(N)c23)cc1. The third kappa shape index (κ3) is 3.87. The molecule has 0 bridgehead atoms. The molecule has 3 rings (SSSR count). The van der Waals surface area contributed by atoms with E-state index >= 15 is 0 Å². The van der Waals surface area contributed by atoms with E-state index in [4.69, 9.17) is 25.7 Å². The highest BCUT2D eigenvalue weighted by Gasteiger charge is 2.18. The van der Waals surface area contributed by atoms with Gasteiger partial charge in [-0.3, -0.25) is 4.79 Å². The standard InChI is InChI=1S/C18H19N3O4S/c1-23-9-2-10-24-11-3-5-12(6-4-11)25-13-7-8-21-18-14(13)15(19)16(26-18)17(20)22/h3-8H,2,9-10,19H2,1H3,(H2,20,22). The van der Waals surface area contributed by atoms with Crippen LogP contribution in [0.4, 0.5) is 5.69 Å². The number of amides is 1. The summed E-state index contributed by atoms with van der Waals surface area (Å²) in [5.74, 6) is 1.31. The minimum absolute atomic E-state index is 0.281. The fourth-order valence-electron chi connectivity index (χ4n) is 2.41. The molecule has 2 heterocycles. The minimum atomic E-state index is -0.577. The van der Waals surface area contributed by atoms with E-state index in [0.29, 0.717) is 40.6 Å². The van der Waals surface area contributed by atoms with Gasteiger partial charge in [-0.2, -0.15) is 0 Å². The van der Waals surface area contributed by atoms with Gasteiger partial charge in [0, 0.05) is 26.3 Å². The van der Waals surface area contributed by atoms with E-state index in [1.165, 1.54) is 0 Å². The number of carbonyl (C=O) groups is 1. The third-order valence-corrected chi connectivity index (χ3v) is 4.76. The van der Waals surface area contributed by atoms with Crippen LogP contribution in [0.25, 0.3) is 10.2 Å². The van der Waals surface area contributed by atoms with E-state index in [-0.39, 0.29) is 4.88 Å². The predicted molar refractivity (Wildman–Crippen MR) is 101 cm³/mol. The van der Waals surface area contributed by atoms with Gasteiger partial charge < -0.3 is 25.7 Å². The molecule has 0 radical (unpaired) electrons. The molecule has 136 valence electrons. The van der Waals surface area contributed by atoms with Crippen molar-refractivity contribution in [3.05, 3.63) is 41.4 Å². The van der Waals surface area contributed by atoms with E-state index in [2.05, 4.69) is 4.98 Å². The highest BCUT2D eigenvalue weighted by atomic mass is 32.1. The topological polar surface area (TPSA) is 110 Å². The zero-order valence-electron chi connectivity index (χ0n) is 14.2. The minimum Gasteiger partial charge on any atom is -0.494 e. The number of nitrogens with zero attached hydrogens (tertiary/aromatic N) is 1. The Morgan fingerprint density at radius 2 is 1.88 bits per heavy atom. The Morgan fingerprint density at radius 3 is 2.58 bits per heavy atom. The second-order valence-electron chi connectivity index (χ2n) is 5.47. The molecule has 1 amide bonds. The van der Waals surface area contributed by atoms with Crippen molar-refractivity contribution in [3.63, 3.8) is 0 Å². The van der Waals surface area contributed by atoms with Crippen molar-refractivity contribution in [1.82, 2.24) is 4.98 Å². The lowest BCUT2D eigenvalue weighted by molar-refractivity contribution is 0.100. The number of hydrogen-bond acceptors (Lipinski definition) is 7. The molecule has 2 aromatic heterocycles. The Bertz CT molecular complexity index is 909. The van der Waals surface area contributed by atoms with Gasteiger partial charge in [0.25, 0.3) is 5.91 Å². The highest BCUT2D eigenvalue weighted by molar-refractivity contribution is 7.21. The molecule has 0 aliphatic rings. The first-order valence-electron chi connectivity index (χ1n) is 7.96. The molecule has 4 N–H and O–H groups in total. The molecular formula is C18H19N3O4S. The van der Waals surface area contributed by atoms with Crippen LogP contribution in [0, 0.1) is 0 Å². The Hall–Kier alpha value is -2.84. The van der Waals surface area contributed by atoms with Crippen molar-refractivity contribution < 1.29 is 19.0 Å². The van der Waals surface area contributed by atoms with Gasteiger partial charge in [-0.25, -0.2) is 4.98 Å². The van der Waals surface area contributed by atoms with Crippen LogP contribution in [0.5, 0.6) is 17.2 Å². The number of ether oxygens (including phenoxy) is 3. The second-order valence-corrected chi connectivity index (χ2v) is 6.47. The molecule has 8 heteroatoms. The fraction of sp³-hybridized carbons (Fsp3) is 0.222. The summed E-state index contributed by atoms with van der Waals surface area (Å²) in [5.41, 5.74) is 11.7. The summed E-state index contributed by atoms with van der Waals surface area (Å²) in [6.45, 7) is 1.24. The molecule has 0 unspecified atom stereocenters. The van der Waals surface area contributed by atoms with Crippen LogP contribution in [0.1, 0.15) is 16.1 Å². The lowest BCUT2D eigenvalue weighted by Gasteiger charge is -2.09. The van der Waals surface area contributed by atoms with Crippen LogP contribution in [-0.4, -0.2) is 31.2 Å². The third-order valence-electron chi connectivity index (χ3n) is 3.63. The number of anilines is 1. The van der Waals surface area contributed by atoms with Gasteiger partial charge in [0.05, 0.1) is 17.7 Å². The highest BCUT2D eigenvalue weighted by Crippen LogP contribution is 2.39. The van der Waals surface area contributed by atoms with Crippen molar-refractivity contribution >= 4 is 33.1 Å². The summed E-state index contributed by atoms with van der Waals surface area (Å²) in [4.78, 5) is 16.6. The molecule has 0 aliphatic carbocycles. The number of nitrogen functional groups attached to an aromatic ring is 1. The van der Waals surface area contributed by atoms with Crippen LogP contribution < -0.4 is 20.9 Å². The first kappa shape index (κ1) is 18.0. The maximum atomic E-state index is 11.5. The second kappa shape index (κ2) is 8.03. The first-order valence-corrected chi connectivity index (χ1v) is 8.78. The normalized spacial score (nSPS) is 10.8. The van der Waals surface area contributed by atoms with E-state index in [1.807, 2.05) is 12.1 Å². The molecular weight excluding hydrogens is 354 g/mol. The molecule has 3 aromatic rings. The molecule has 0 spiro atoms. The van der Waals surface area contributed by atoms with E-state index in [1.54, 1.807) is 31.5 Å². The van der Waals surface area contributed by atoms with Gasteiger partial charge in [-0.15, -0.1) is 11.3 Å². The molecule has 0 saturated heterocycles. The maximum absolute atomic E-state index is 11.5. The van der Waals surface area contributed by atoms with Gasteiger partial charge in [0.1, 0.15) is 27.0 Å². The van der Waals surface area contributed by atoms with Crippen molar-refractivity contribution in [1.29, 1.82) is 0 Å². The zero-order chi connectivity index (χ0) is 18.5. The van der Waals surface area contributed by atoms with Gasteiger partial charge in [0.2, 0.25) is 0 Å². The average molecular weight is 373 g/mol. The number of hydrogen-bond donors (Lipinski definition) is 2. The first-order chi connectivity index (χ1) is 12.6. The smallest absolute Gasteiger partial charge is 0.260 e. The summed E-state index contributed by atoms with van der Waals surface area (Å²) in [5, 5.41) is 0.589. The number of primary amides is 1. The number of methoxy groups -OCH3 is 1. The zero-order valence-corrected chi connectivity index (χ0v) is 15.0. The molecule has 7 nitrogen and oxygen atoms in total. The van der Waals surface area contributed by atoms with E-state index < -0.39 is 5.91 Å². The summed E-state index contributed by atoms with van der Waals surface area (Å²) >= 11 is 1.15. The van der Waals surface area contributed by atoms with Crippen molar-refractivity contribution in [2.75, 3.05) is 26.1 Å². The number of benzene rings is 1. The molecule has 0 saturated carbocycles. The fourth-order valence-corrected chi connectivity index (χ4v) is 3.34. The number of carbonyl (C=O) groups excluding carboxylic acids is 1. The predicted octanol–water partition coefficient (Wildman–Crippen LogP) is 3.19. The number of nitrogens with two attached hydrogens (primary N) is 2. The van der Waals surface area contributed by atoms with Crippen LogP contribution in [0.15, 0.2) is 36.5 Å². The van der Waals surface area contributed by atoms with Gasteiger partial charge in [-0.1, -0.05) is 0 Å². The summed E-state index contributed by atoms with van der Waals surface area (Å²) in [6.07, 6.45) is 2.43. The van der Waals surface area contributed by atoms with Crippen LogP contribution in [0.3, 0.4) is 0 Å². The maximum Gasteiger partial charge on any atom is 0.260 e.